The van der Waals surface area contributed by atoms with Gasteiger partial charge >= 0.3 is 0 Å². The van der Waals surface area contributed by atoms with E-state index < -0.39 is 17.7 Å². The summed E-state index contributed by atoms with van der Waals surface area (Å²) in [5.74, 6) is 0.0857. The van der Waals surface area contributed by atoms with Crippen molar-refractivity contribution in [2.24, 2.45) is 0 Å². The lowest BCUT2D eigenvalue weighted by Gasteiger charge is -2.25. The third-order valence-electron chi connectivity index (χ3n) is 6.16. The van der Waals surface area contributed by atoms with E-state index in [1.165, 1.54) is 4.90 Å². The number of aromatic nitrogens is 2. The molecule has 0 radical (unpaired) electrons. The lowest BCUT2D eigenvalue weighted by molar-refractivity contribution is -0.139. The van der Waals surface area contributed by atoms with Crippen molar-refractivity contribution in [3.63, 3.8) is 0 Å². The second kappa shape index (κ2) is 9.54. The number of carbonyl (C=O) groups is 2. The normalized spacial score (nSPS) is 18.7. The van der Waals surface area contributed by atoms with Crippen LogP contribution in [0.1, 0.15) is 23.6 Å². The number of aliphatic hydroxyl groups excluding tert-OH is 1. The molecule has 3 aromatic rings. The first-order valence-electron chi connectivity index (χ1n) is 11.3. The summed E-state index contributed by atoms with van der Waals surface area (Å²) in [5.41, 5.74) is 1.12. The number of aryl methyl sites for hydroxylation is 1. The molecule has 5 rings (SSSR count). The predicted octanol–water partition coefficient (Wildman–Crippen LogP) is 3.17. The Morgan fingerprint density at radius 3 is 2.57 bits per heavy atom. The van der Waals surface area contributed by atoms with E-state index in [1.54, 1.807) is 62.1 Å². The lowest BCUT2D eigenvalue weighted by atomic mass is 9.95. The highest BCUT2D eigenvalue weighted by Crippen LogP contribution is 2.41. The predicted molar refractivity (Wildman–Crippen MR) is 126 cm³/mol. The number of ketones is 1. The van der Waals surface area contributed by atoms with Crippen molar-refractivity contribution in [3.05, 3.63) is 77.9 Å². The van der Waals surface area contributed by atoms with Gasteiger partial charge in [0, 0.05) is 31.0 Å². The maximum Gasteiger partial charge on any atom is 0.295 e. The molecule has 3 heterocycles. The van der Waals surface area contributed by atoms with Gasteiger partial charge in [0.25, 0.3) is 11.7 Å². The molecule has 180 valence electrons. The third-order valence-corrected chi connectivity index (χ3v) is 6.16. The van der Waals surface area contributed by atoms with Crippen LogP contribution >= 0.6 is 0 Å². The van der Waals surface area contributed by atoms with Crippen LogP contribution in [0.2, 0.25) is 0 Å². The van der Waals surface area contributed by atoms with Crippen molar-refractivity contribution in [1.82, 2.24) is 14.5 Å². The van der Waals surface area contributed by atoms with E-state index in [1.807, 2.05) is 10.8 Å². The molecular formula is C26H25N3O6. The quantitative estimate of drug-likeness (QED) is 0.318. The highest BCUT2D eigenvalue weighted by atomic mass is 16.6. The molecule has 0 aliphatic carbocycles. The average molecular weight is 476 g/mol. The fourth-order valence-corrected chi connectivity index (χ4v) is 4.43. The number of carbonyl (C=O) groups excluding carboxylic acids is 2. The highest BCUT2D eigenvalue weighted by molar-refractivity contribution is 6.46. The summed E-state index contributed by atoms with van der Waals surface area (Å²) in [7, 11) is 1.57. The maximum absolute atomic E-state index is 13.2. The second-order valence-electron chi connectivity index (χ2n) is 8.28. The molecule has 35 heavy (non-hydrogen) atoms. The van der Waals surface area contributed by atoms with Gasteiger partial charge in [-0.3, -0.25) is 9.59 Å². The molecule has 9 nitrogen and oxygen atoms in total. The van der Waals surface area contributed by atoms with Gasteiger partial charge in [-0.15, -0.1) is 0 Å². The van der Waals surface area contributed by atoms with Crippen LogP contribution in [0, 0.1) is 0 Å². The van der Waals surface area contributed by atoms with Gasteiger partial charge in [0.15, 0.2) is 11.5 Å². The van der Waals surface area contributed by atoms with Gasteiger partial charge in [-0.25, -0.2) is 4.98 Å². The number of amides is 1. The van der Waals surface area contributed by atoms with E-state index in [9.17, 15) is 14.7 Å². The maximum atomic E-state index is 13.2. The van der Waals surface area contributed by atoms with Crippen LogP contribution in [0.3, 0.4) is 0 Å². The molecule has 2 aliphatic rings. The van der Waals surface area contributed by atoms with Crippen LogP contribution in [0.25, 0.3) is 5.76 Å². The minimum Gasteiger partial charge on any atom is -0.507 e. The summed E-state index contributed by atoms with van der Waals surface area (Å²) in [6.07, 6.45) is 5.85. The van der Waals surface area contributed by atoms with Crippen molar-refractivity contribution >= 4 is 17.4 Å². The molecule has 9 heteroatoms. The minimum absolute atomic E-state index is 0.0412. The van der Waals surface area contributed by atoms with Crippen LogP contribution in [-0.4, -0.2) is 58.1 Å². The fourth-order valence-electron chi connectivity index (χ4n) is 4.43. The van der Waals surface area contributed by atoms with Crippen molar-refractivity contribution < 1.29 is 28.9 Å². The van der Waals surface area contributed by atoms with Gasteiger partial charge < -0.3 is 28.8 Å². The van der Waals surface area contributed by atoms with Gasteiger partial charge in [-0.2, -0.15) is 0 Å². The van der Waals surface area contributed by atoms with Crippen molar-refractivity contribution in [3.8, 4) is 17.2 Å². The monoisotopic (exact) mass is 475 g/mol. The Hall–Kier alpha value is -4.27. The van der Waals surface area contributed by atoms with Crippen LogP contribution < -0.4 is 14.2 Å². The number of likely N-dealkylation sites (tertiary alicyclic amines) is 1. The Balaban J connectivity index is 1.53. The summed E-state index contributed by atoms with van der Waals surface area (Å²) < 4.78 is 18.4. The summed E-state index contributed by atoms with van der Waals surface area (Å²) >= 11 is 0. The standard InChI is InChI=1S/C26H25N3O6/c1-33-19-6-3-17(4-7-19)23-22(24(30)18-5-8-20-21(15-18)35-14-13-34-20)25(31)26(32)29(23)11-2-10-28-12-9-27-16-28/h3-9,12,15-16,23,30H,2,10-11,13-14H2,1H3/b24-22+/t23-/m1/s1. The molecule has 2 aliphatic heterocycles. The molecule has 1 atom stereocenters. The van der Waals surface area contributed by atoms with Crippen LogP contribution in [0.5, 0.6) is 17.2 Å². The van der Waals surface area contributed by atoms with E-state index in [4.69, 9.17) is 14.2 Å². The number of benzene rings is 2. The average Bonchev–Trinajstić information content (AvgIpc) is 3.50. The topological polar surface area (TPSA) is 103 Å². The Bertz CT molecular complexity index is 1270. The number of nitrogens with zero attached hydrogens (tertiary/aromatic N) is 3. The number of ether oxygens (including phenoxy) is 3. The van der Waals surface area contributed by atoms with Gasteiger partial charge in [-0.1, -0.05) is 12.1 Å². The van der Waals surface area contributed by atoms with Gasteiger partial charge in [0.2, 0.25) is 0 Å². The Morgan fingerprint density at radius 1 is 1.09 bits per heavy atom. The number of Topliss-reactive ketones (excluding diaryl/α,β-unsaturated/α-hetero) is 1. The van der Waals surface area contributed by atoms with Gasteiger partial charge in [-0.05, 0) is 42.3 Å². The number of hydrogen-bond acceptors (Lipinski definition) is 7. The number of aliphatic hydroxyl groups is 1. The fraction of sp³-hybridized carbons (Fsp3) is 0.269. The summed E-state index contributed by atoms with van der Waals surface area (Å²) in [4.78, 5) is 31.9. The van der Waals surface area contributed by atoms with E-state index in [0.29, 0.717) is 61.1 Å². The molecule has 1 amide bonds. The Morgan fingerprint density at radius 2 is 1.86 bits per heavy atom. The second-order valence-corrected chi connectivity index (χ2v) is 8.28. The van der Waals surface area contributed by atoms with Gasteiger partial charge in [0.05, 0.1) is 25.1 Å². The largest absolute Gasteiger partial charge is 0.507 e. The number of rotatable bonds is 7. The Labute approximate surface area is 202 Å². The lowest BCUT2D eigenvalue weighted by Crippen LogP contribution is -2.31. The van der Waals surface area contributed by atoms with Crippen LogP contribution in [0.4, 0.5) is 0 Å². The molecule has 1 saturated heterocycles. The summed E-state index contributed by atoms with van der Waals surface area (Å²) in [6.45, 7) is 1.81. The first-order valence-corrected chi connectivity index (χ1v) is 11.3. The van der Waals surface area contributed by atoms with Crippen molar-refractivity contribution in [2.75, 3.05) is 26.9 Å². The van der Waals surface area contributed by atoms with E-state index in [0.717, 1.165) is 0 Å². The molecule has 1 N–H and O–H groups in total. The summed E-state index contributed by atoms with van der Waals surface area (Å²) in [6, 6.07) is 11.4. The van der Waals surface area contributed by atoms with Crippen molar-refractivity contribution in [2.45, 2.75) is 19.0 Å². The van der Waals surface area contributed by atoms with Gasteiger partial charge in [0.1, 0.15) is 24.7 Å². The third kappa shape index (κ3) is 4.32. The van der Waals surface area contributed by atoms with E-state index >= 15 is 0 Å². The summed E-state index contributed by atoms with van der Waals surface area (Å²) in [5, 5.41) is 11.3. The van der Waals surface area contributed by atoms with Crippen LogP contribution in [-0.2, 0) is 16.1 Å². The number of methoxy groups -OCH3 is 1. The molecular weight excluding hydrogens is 450 g/mol. The first-order chi connectivity index (χ1) is 17.1. The Kier molecular flexibility index (Phi) is 6.13. The number of fused-ring (bicyclic) bond motifs is 1. The van der Waals surface area contributed by atoms with Crippen LogP contribution in [0.15, 0.2) is 66.8 Å². The molecule has 0 unspecified atom stereocenters. The zero-order valence-electron chi connectivity index (χ0n) is 19.2. The minimum atomic E-state index is -0.739. The zero-order chi connectivity index (χ0) is 24.4. The molecule has 0 bridgehead atoms. The smallest absolute Gasteiger partial charge is 0.295 e. The van der Waals surface area contributed by atoms with E-state index in [-0.39, 0.29) is 11.3 Å². The SMILES string of the molecule is COc1ccc([C@@H]2/C(=C(\O)c3ccc4c(c3)OCCO4)C(=O)C(=O)N2CCCn2ccnc2)cc1. The molecule has 0 saturated carbocycles. The zero-order valence-corrected chi connectivity index (χ0v) is 19.2. The molecule has 1 fully saturated rings. The molecule has 0 spiro atoms. The first kappa shape index (κ1) is 22.5. The molecule has 2 aromatic carbocycles. The molecule has 1 aromatic heterocycles. The number of imidazole rings is 1. The highest BCUT2D eigenvalue weighted by Gasteiger charge is 2.45. The van der Waals surface area contributed by atoms with E-state index in [2.05, 4.69) is 4.98 Å². The number of hydrogen-bond donors (Lipinski definition) is 1. The van der Waals surface area contributed by atoms with Crippen molar-refractivity contribution in [1.29, 1.82) is 0 Å².